The monoisotopic (exact) mass is 305 g/mol. The predicted octanol–water partition coefficient (Wildman–Crippen LogP) is 4.66. The number of benzene rings is 1. The van der Waals surface area contributed by atoms with Gasteiger partial charge in [-0.1, -0.05) is 32.0 Å². The van der Waals surface area contributed by atoms with Crippen molar-refractivity contribution in [2.24, 2.45) is 5.41 Å². The summed E-state index contributed by atoms with van der Waals surface area (Å²) in [6.07, 6.45) is 2.01. The van der Waals surface area contributed by atoms with Crippen molar-refractivity contribution in [3.8, 4) is 0 Å². The van der Waals surface area contributed by atoms with Crippen LogP contribution in [0.25, 0.3) is 10.1 Å². The minimum absolute atomic E-state index is 0.0127. The van der Waals surface area contributed by atoms with Crippen molar-refractivity contribution in [3.05, 3.63) is 34.7 Å². The normalized spacial score (nSPS) is 13.8. The van der Waals surface area contributed by atoms with Crippen molar-refractivity contribution >= 4 is 21.4 Å². The molecule has 116 valence electrons. The summed E-state index contributed by atoms with van der Waals surface area (Å²) in [7, 11) is 0. The molecule has 0 aliphatic rings. The zero-order valence-electron chi connectivity index (χ0n) is 13.6. The van der Waals surface area contributed by atoms with Crippen LogP contribution in [0.1, 0.15) is 50.1 Å². The molecular formula is C18H27NOS. The van der Waals surface area contributed by atoms with Gasteiger partial charge in [-0.25, -0.2) is 0 Å². The third-order valence-electron chi connectivity index (χ3n) is 4.89. The van der Waals surface area contributed by atoms with Crippen LogP contribution in [0.5, 0.6) is 0 Å². The highest BCUT2D eigenvalue weighted by atomic mass is 32.1. The molecule has 2 nitrogen and oxygen atoms in total. The standard InChI is InChI=1S/C18H27NOS/c1-5-18(6-2,12-20)11-19-14(4)17-13(3)15-9-7-8-10-16(15)21-17/h7-10,14,19-20H,5-6,11-12H2,1-4H3. The third kappa shape index (κ3) is 3.31. The minimum Gasteiger partial charge on any atom is -0.396 e. The second-order valence-corrected chi connectivity index (χ2v) is 7.14. The Labute approximate surface area is 132 Å². The number of fused-ring (bicyclic) bond motifs is 1. The van der Waals surface area contributed by atoms with Crippen LogP contribution in [0.15, 0.2) is 24.3 Å². The first-order valence-corrected chi connectivity index (χ1v) is 8.71. The van der Waals surface area contributed by atoms with Crippen LogP contribution in [0, 0.1) is 12.3 Å². The van der Waals surface area contributed by atoms with E-state index < -0.39 is 0 Å². The molecule has 2 aromatic rings. The van der Waals surface area contributed by atoms with Gasteiger partial charge in [0.15, 0.2) is 0 Å². The smallest absolute Gasteiger partial charge is 0.0499 e. The maximum atomic E-state index is 9.69. The highest BCUT2D eigenvalue weighted by Gasteiger charge is 2.26. The lowest BCUT2D eigenvalue weighted by atomic mass is 9.83. The van der Waals surface area contributed by atoms with E-state index in [1.165, 1.54) is 20.5 Å². The highest BCUT2D eigenvalue weighted by molar-refractivity contribution is 7.19. The quantitative estimate of drug-likeness (QED) is 0.780. The van der Waals surface area contributed by atoms with Gasteiger partial charge in [0.25, 0.3) is 0 Å². The summed E-state index contributed by atoms with van der Waals surface area (Å²) >= 11 is 1.88. The molecule has 1 aromatic carbocycles. The molecule has 1 heterocycles. The highest BCUT2D eigenvalue weighted by Crippen LogP contribution is 2.35. The molecule has 1 aromatic heterocycles. The van der Waals surface area contributed by atoms with Gasteiger partial charge in [-0.2, -0.15) is 0 Å². The van der Waals surface area contributed by atoms with Gasteiger partial charge in [0, 0.05) is 34.2 Å². The van der Waals surface area contributed by atoms with E-state index in [-0.39, 0.29) is 12.0 Å². The summed E-state index contributed by atoms with van der Waals surface area (Å²) in [4.78, 5) is 1.41. The minimum atomic E-state index is 0.0127. The second-order valence-electron chi connectivity index (χ2n) is 6.06. The lowest BCUT2D eigenvalue weighted by Crippen LogP contribution is -2.37. The average molecular weight is 305 g/mol. The van der Waals surface area contributed by atoms with Gasteiger partial charge in [0.05, 0.1) is 0 Å². The van der Waals surface area contributed by atoms with E-state index in [4.69, 9.17) is 0 Å². The molecular weight excluding hydrogens is 278 g/mol. The van der Waals surface area contributed by atoms with Crippen LogP contribution in [0.4, 0.5) is 0 Å². The summed E-state index contributed by atoms with van der Waals surface area (Å²) in [6, 6.07) is 8.93. The maximum Gasteiger partial charge on any atom is 0.0499 e. The van der Waals surface area contributed by atoms with Crippen molar-refractivity contribution in [1.29, 1.82) is 0 Å². The number of hydrogen-bond acceptors (Lipinski definition) is 3. The second kappa shape index (κ2) is 6.91. The van der Waals surface area contributed by atoms with Crippen molar-refractivity contribution in [3.63, 3.8) is 0 Å². The van der Waals surface area contributed by atoms with Crippen LogP contribution in [0.2, 0.25) is 0 Å². The SMILES string of the molecule is CCC(CC)(CO)CNC(C)c1sc2ccccc2c1C. The van der Waals surface area contributed by atoms with Crippen LogP contribution in [-0.2, 0) is 0 Å². The molecule has 0 amide bonds. The van der Waals surface area contributed by atoms with Crippen molar-refractivity contribution in [2.45, 2.75) is 46.6 Å². The van der Waals surface area contributed by atoms with E-state index in [1.807, 2.05) is 11.3 Å². The van der Waals surface area contributed by atoms with Crippen LogP contribution in [0.3, 0.4) is 0 Å². The van der Waals surface area contributed by atoms with E-state index in [9.17, 15) is 5.11 Å². The molecule has 0 saturated carbocycles. The fourth-order valence-electron chi connectivity index (χ4n) is 2.85. The Kier molecular flexibility index (Phi) is 5.42. The summed E-state index contributed by atoms with van der Waals surface area (Å²) in [5.41, 5.74) is 1.40. The number of hydrogen-bond donors (Lipinski definition) is 2. The molecule has 0 saturated heterocycles. The summed E-state index contributed by atoms with van der Waals surface area (Å²) in [5.74, 6) is 0. The number of thiophene rings is 1. The lowest BCUT2D eigenvalue weighted by molar-refractivity contribution is 0.110. The van der Waals surface area contributed by atoms with Gasteiger partial charge in [0.2, 0.25) is 0 Å². The summed E-state index contributed by atoms with van der Waals surface area (Å²) in [5, 5.41) is 14.7. The first kappa shape index (κ1) is 16.5. The molecule has 0 spiro atoms. The fraction of sp³-hybridized carbons (Fsp3) is 0.556. The van der Waals surface area contributed by atoms with Crippen LogP contribution in [-0.4, -0.2) is 18.3 Å². The first-order valence-electron chi connectivity index (χ1n) is 7.89. The average Bonchev–Trinajstić information content (AvgIpc) is 2.87. The molecule has 0 fully saturated rings. The Hall–Kier alpha value is -0.900. The predicted molar refractivity (Wildman–Crippen MR) is 93.1 cm³/mol. The van der Waals surface area contributed by atoms with E-state index >= 15 is 0 Å². The van der Waals surface area contributed by atoms with Gasteiger partial charge < -0.3 is 10.4 Å². The largest absolute Gasteiger partial charge is 0.396 e. The van der Waals surface area contributed by atoms with Crippen molar-refractivity contribution in [2.75, 3.05) is 13.2 Å². The van der Waals surface area contributed by atoms with Gasteiger partial charge in [-0.05, 0) is 43.7 Å². The zero-order valence-corrected chi connectivity index (χ0v) is 14.4. The molecule has 0 aliphatic heterocycles. The molecule has 2 N–H and O–H groups in total. The van der Waals surface area contributed by atoms with Crippen LogP contribution >= 0.6 is 11.3 Å². The Morgan fingerprint density at radius 1 is 1.24 bits per heavy atom. The number of aliphatic hydroxyl groups excluding tert-OH is 1. The summed E-state index contributed by atoms with van der Waals surface area (Å²) in [6.45, 7) is 9.89. The van der Waals surface area contributed by atoms with Gasteiger partial charge in [-0.15, -0.1) is 11.3 Å². The van der Waals surface area contributed by atoms with Crippen LogP contribution < -0.4 is 5.32 Å². The molecule has 2 rings (SSSR count). The maximum absolute atomic E-state index is 9.69. The Morgan fingerprint density at radius 3 is 2.48 bits per heavy atom. The molecule has 0 bridgehead atoms. The topological polar surface area (TPSA) is 32.3 Å². The molecule has 21 heavy (non-hydrogen) atoms. The number of rotatable bonds is 7. The van der Waals surface area contributed by atoms with E-state index in [0.717, 1.165) is 19.4 Å². The fourth-order valence-corrected chi connectivity index (χ4v) is 4.09. The zero-order chi connectivity index (χ0) is 15.5. The molecule has 3 heteroatoms. The van der Waals surface area contributed by atoms with Crippen molar-refractivity contribution < 1.29 is 5.11 Å². The Bertz CT molecular complexity index is 578. The Balaban J connectivity index is 2.15. The first-order chi connectivity index (χ1) is 10.1. The Morgan fingerprint density at radius 2 is 1.90 bits per heavy atom. The lowest BCUT2D eigenvalue weighted by Gasteiger charge is -2.31. The molecule has 0 aliphatic carbocycles. The van der Waals surface area contributed by atoms with E-state index in [1.54, 1.807) is 0 Å². The van der Waals surface area contributed by atoms with E-state index in [2.05, 4.69) is 57.3 Å². The van der Waals surface area contributed by atoms with E-state index in [0.29, 0.717) is 6.04 Å². The van der Waals surface area contributed by atoms with Gasteiger partial charge in [-0.3, -0.25) is 0 Å². The third-order valence-corrected chi connectivity index (χ3v) is 6.35. The number of aliphatic hydroxyl groups is 1. The van der Waals surface area contributed by atoms with Gasteiger partial charge in [0.1, 0.15) is 0 Å². The van der Waals surface area contributed by atoms with Gasteiger partial charge >= 0.3 is 0 Å². The number of aryl methyl sites for hydroxylation is 1. The summed E-state index contributed by atoms with van der Waals surface area (Å²) < 4.78 is 1.36. The molecule has 1 atom stereocenters. The number of nitrogens with one attached hydrogen (secondary N) is 1. The molecule has 1 unspecified atom stereocenters. The molecule has 0 radical (unpaired) electrons. The van der Waals surface area contributed by atoms with Crippen molar-refractivity contribution in [1.82, 2.24) is 5.32 Å².